The number of azo groups is 1. The predicted octanol–water partition coefficient (Wildman–Crippen LogP) is 5.79. The van der Waals surface area contributed by atoms with Gasteiger partial charge in [0.1, 0.15) is 0 Å². The summed E-state index contributed by atoms with van der Waals surface area (Å²) in [5.74, 6) is 1.02. The van der Waals surface area contributed by atoms with Gasteiger partial charge in [0.25, 0.3) is 0 Å². The zero-order valence-corrected chi connectivity index (χ0v) is 14.5. The largest absolute Gasteiger partial charge is 0.276 e. The zero-order chi connectivity index (χ0) is 18.3. The second kappa shape index (κ2) is 8.01. The molecule has 5 nitrogen and oxygen atoms in total. The fourth-order valence-electron chi connectivity index (χ4n) is 2.57. The molecule has 0 amide bonds. The van der Waals surface area contributed by atoms with Crippen LogP contribution in [0.1, 0.15) is 5.56 Å². The summed E-state index contributed by atoms with van der Waals surface area (Å²) in [4.78, 5) is 4.52. The lowest BCUT2D eigenvalue weighted by molar-refractivity contribution is 1.18. The van der Waals surface area contributed by atoms with Crippen LogP contribution in [0.3, 0.4) is 0 Å². The van der Waals surface area contributed by atoms with Gasteiger partial charge in [-0.3, -0.25) is 5.43 Å². The molecule has 4 aromatic rings. The van der Waals surface area contributed by atoms with Crippen LogP contribution in [0, 0.1) is 0 Å². The minimum atomic E-state index is 0.481. The highest BCUT2D eigenvalue weighted by Crippen LogP contribution is 2.17. The van der Waals surface area contributed by atoms with Crippen LogP contribution in [0.5, 0.6) is 0 Å². The topological polar surface area (TPSA) is 62.0 Å². The van der Waals surface area contributed by atoms with Crippen molar-refractivity contribution in [2.75, 3.05) is 5.43 Å². The van der Waals surface area contributed by atoms with Crippen LogP contribution in [-0.2, 0) is 0 Å². The molecule has 0 unspecified atom stereocenters. The molecule has 0 atom stereocenters. The van der Waals surface area contributed by atoms with Crippen molar-refractivity contribution in [3.63, 3.8) is 0 Å². The Bertz CT molecular complexity index is 1090. The lowest BCUT2D eigenvalue weighted by atomic mass is 10.2. The molecule has 4 rings (SSSR count). The van der Waals surface area contributed by atoms with Crippen LogP contribution in [0.2, 0.25) is 0 Å². The molecule has 0 aliphatic carbocycles. The lowest BCUT2D eigenvalue weighted by Gasteiger charge is -2.03. The second-order valence-corrected chi connectivity index (χ2v) is 5.84. The summed E-state index contributed by atoms with van der Waals surface area (Å²) in [6, 6.07) is 31.2. The number of para-hydroxylation sites is 2. The average Bonchev–Trinajstić information content (AvgIpc) is 2.75. The van der Waals surface area contributed by atoms with Crippen molar-refractivity contribution >= 4 is 28.2 Å². The fourth-order valence-corrected chi connectivity index (χ4v) is 2.57. The van der Waals surface area contributed by atoms with E-state index in [1.54, 1.807) is 0 Å². The summed E-state index contributed by atoms with van der Waals surface area (Å²) in [6.07, 6.45) is 0. The smallest absolute Gasteiger partial charge is 0.201 e. The Hall–Kier alpha value is -3.86. The Kier molecular flexibility index (Phi) is 4.93. The van der Waals surface area contributed by atoms with Gasteiger partial charge in [0.2, 0.25) is 5.84 Å². The molecule has 1 N–H and O–H groups in total. The third-order valence-electron chi connectivity index (χ3n) is 3.93. The van der Waals surface area contributed by atoms with Crippen molar-refractivity contribution in [3.05, 3.63) is 103 Å². The van der Waals surface area contributed by atoms with E-state index in [0.29, 0.717) is 11.7 Å². The zero-order valence-electron chi connectivity index (χ0n) is 14.5. The van der Waals surface area contributed by atoms with Crippen LogP contribution in [0.25, 0.3) is 10.9 Å². The van der Waals surface area contributed by atoms with E-state index in [9.17, 15) is 0 Å². The number of hydrogen-bond acceptors (Lipinski definition) is 4. The van der Waals surface area contributed by atoms with Crippen LogP contribution >= 0.6 is 0 Å². The van der Waals surface area contributed by atoms with Gasteiger partial charge >= 0.3 is 0 Å². The Balaban J connectivity index is 1.64. The number of fused-ring (bicyclic) bond motifs is 1. The van der Waals surface area contributed by atoms with Crippen molar-refractivity contribution in [1.29, 1.82) is 0 Å². The predicted molar refractivity (Wildman–Crippen MR) is 109 cm³/mol. The van der Waals surface area contributed by atoms with E-state index in [1.165, 1.54) is 0 Å². The highest BCUT2D eigenvalue weighted by Gasteiger charge is 2.03. The van der Waals surface area contributed by atoms with Crippen LogP contribution < -0.4 is 5.43 Å². The first-order valence-corrected chi connectivity index (χ1v) is 8.60. The normalized spacial score (nSPS) is 11.8. The summed E-state index contributed by atoms with van der Waals surface area (Å²) >= 11 is 0. The highest BCUT2D eigenvalue weighted by molar-refractivity contribution is 5.99. The third kappa shape index (κ3) is 4.22. The Labute approximate surface area is 157 Å². The van der Waals surface area contributed by atoms with Gasteiger partial charge in [-0.2, -0.15) is 5.10 Å². The fraction of sp³-hybridized carbons (Fsp3) is 0. The number of aromatic nitrogens is 1. The molecule has 0 aliphatic heterocycles. The number of rotatable bonds is 4. The first-order valence-electron chi connectivity index (χ1n) is 8.60. The second-order valence-electron chi connectivity index (χ2n) is 5.84. The first kappa shape index (κ1) is 16.6. The van der Waals surface area contributed by atoms with Gasteiger partial charge in [0.15, 0.2) is 5.82 Å². The molecule has 0 spiro atoms. The van der Waals surface area contributed by atoms with E-state index in [1.807, 2.05) is 97.1 Å². The summed E-state index contributed by atoms with van der Waals surface area (Å²) in [5, 5.41) is 14.1. The summed E-state index contributed by atoms with van der Waals surface area (Å²) in [6.45, 7) is 0. The van der Waals surface area contributed by atoms with Crippen molar-refractivity contribution in [2.45, 2.75) is 0 Å². The average molecular weight is 351 g/mol. The minimum absolute atomic E-state index is 0.481. The molecule has 0 saturated heterocycles. The van der Waals surface area contributed by atoms with E-state index in [-0.39, 0.29) is 0 Å². The lowest BCUT2D eigenvalue weighted by Crippen LogP contribution is -2.01. The molecular formula is C22H17N5. The Morgan fingerprint density at radius 1 is 0.704 bits per heavy atom. The Morgan fingerprint density at radius 3 is 2.22 bits per heavy atom. The maximum atomic E-state index is 4.52. The number of anilines is 1. The quantitative estimate of drug-likeness (QED) is 0.219. The van der Waals surface area contributed by atoms with Crippen molar-refractivity contribution in [1.82, 2.24) is 4.98 Å². The number of benzene rings is 3. The van der Waals surface area contributed by atoms with E-state index >= 15 is 0 Å². The monoisotopic (exact) mass is 351 g/mol. The molecule has 0 radical (unpaired) electrons. The molecule has 0 fully saturated rings. The standard InChI is InChI=1S/C22H17N5/c1-3-10-18(11-4-1)22(26-24-19-12-5-2-6-13-19)27-25-21-16-15-17-9-7-8-14-20(17)23-21/h1-16,24H/b26-22+,27-25+. The maximum absolute atomic E-state index is 4.52. The van der Waals surface area contributed by atoms with Crippen molar-refractivity contribution < 1.29 is 0 Å². The summed E-state index contributed by atoms with van der Waals surface area (Å²) < 4.78 is 0. The van der Waals surface area contributed by atoms with Crippen LogP contribution in [-0.4, -0.2) is 10.8 Å². The molecule has 3 aromatic carbocycles. The third-order valence-corrected chi connectivity index (χ3v) is 3.93. The van der Waals surface area contributed by atoms with Gasteiger partial charge < -0.3 is 0 Å². The number of hydrazone groups is 1. The molecule has 130 valence electrons. The number of amidine groups is 1. The molecular weight excluding hydrogens is 334 g/mol. The SMILES string of the molecule is c1ccc(N/N=C(/N=N/c2ccc3ccccc3n2)c2ccccc2)cc1. The molecule has 0 bridgehead atoms. The molecule has 0 saturated carbocycles. The molecule has 5 heteroatoms. The highest BCUT2D eigenvalue weighted by atomic mass is 15.3. The van der Waals surface area contributed by atoms with Crippen molar-refractivity contribution in [3.8, 4) is 0 Å². The maximum Gasteiger partial charge on any atom is 0.201 e. The summed E-state index contributed by atoms with van der Waals surface area (Å²) in [7, 11) is 0. The van der Waals surface area contributed by atoms with E-state index in [2.05, 4.69) is 25.7 Å². The van der Waals surface area contributed by atoms with Gasteiger partial charge in [-0.15, -0.1) is 10.2 Å². The number of pyridine rings is 1. The van der Waals surface area contributed by atoms with Gasteiger partial charge in [-0.25, -0.2) is 4.98 Å². The number of nitrogens with one attached hydrogen (secondary N) is 1. The van der Waals surface area contributed by atoms with Crippen LogP contribution in [0.15, 0.2) is 112 Å². The summed E-state index contributed by atoms with van der Waals surface area (Å²) in [5.41, 5.74) is 5.65. The van der Waals surface area contributed by atoms with Gasteiger partial charge in [0, 0.05) is 10.9 Å². The first-order chi connectivity index (χ1) is 13.4. The van der Waals surface area contributed by atoms with Gasteiger partial charge in [-0.1, -0.05) is 66.7 Å². The minimum Gasteiger partial charge on any atom is -0.276 e. The van der Waals surface area contributed by atoms with Crippen LogP contribution in [0.4, 0.5) is 11.5 Å². The molecule has 27 heavy (non-hydrogen) atoms. The van der Waals surface area contributed by atoms with Gasteiger partial charge in [-0.05, 0) is 30.3 Å². The van der Waals surface area contributed by atoms with E-state index < -0.39 is 0 Å². The van der Waals surface area contributed by atoms with Crippen molar-refractivity contribution in [2.24, 2.45) is 15.3 Å². The van der Waals surface area contributed by atoms with Gasteiger partial charge in [0.05, 0.1) is 11.2 Å². The molecule has 0 aliphatic rings. The van der Waals surface area contributed by atoms with E-state index in [0.717, 1.165) is 22.2 Å². The Morgan fingerprint density at radius 2 is 1.41 bits per heavy atom. The number of hydrogen-bond donors (Lipinski definition) is 1. The molecule has 1 aromatic heterocycles. The molecule has 1 heterocycles. The number of nitrogens with zero attached hydrogens (tertiary/aromatic N) is 4. The van der Waals surface area contributed by atoms with E-state index in [4.69, 9.17) is 0 Å².